The van der Waals surface area contributed by atoms with Crippen LogP contribution in [0.5, 0.6) is 0 Å². The van der Waals surface area contributed by atoms with Gasteiger partial charge in [0.15, 0.2) is 0 Å². The van der Waals surface area contributed by atoms with Gasteiger partial charge in [-0.05, 0) is 13.3 Å². The van der Waals surface area contributed by atoms with E-state index in [-0.39, 0.29) is 12.0 Å². The number of nitrogens with zero attached hydrogens (tertiary/aromatic N) is 3. The fraction of sp³-hybridized carbons (Fsp3) is 0.500. The van der Waals surface area contributed by atoms with Crippen LogP contribution in [0.4, 0.5) is 11.6 Å². The zero-order valence-corrected chi connectivity index (χ0v) is 13.2. The zero-order chi connectivity index (χ0) is 14.7. The Morgan fingerprint density at radius 3 is 2.65 bits per heavy atom. The molecule has 3 N–H and O–H groups in total. The molecule has 0 aromatic carbocycles. The van der Waals surface area contributed by atoms with Gasteiger partial charge in [-0.25, -0.2) is 15.0 Å². The van der Waals surface area contributed by atoms with Crippen molar-refractivity contribution in [1.82, 2.24) is 15.0 Å². The van der Waals surface area contributed by atoms with E-state index in [2.05, 4.69) is 41.0 Å². The third kappa shape index (κ3) is 3.07. The molecule has 0 aliphatic heterocycles. The van der Waals surface area contributed by atoms with Crippen LogP contribution in [-0.2, 0) is 0 Å². The van der Waals surface area contributed by atoms with Crippen molar-refractivity contribution in [2.45, 2.75) is 46.1 Å². The standard InChI is InChI=1S/C14H21N5S/c1-5-10(14-16-6-7-20-14)17-13-9(4)11(15)18-12(19-13)8(2)3/h6-8,10H,5H2,1-4H3,(H3,15,17,18,19). The minimum absolute atomic E-state index is 0.156. The van der Waals surface area contributed by atoms with Gasteiger partial charge in [-0.1, -0.05) is 20.8 Å². The molecule has 2 aromatic rings. The fourth-order valence-corrected chi connectivity index (χ4v) is 2.63. The van der Waals surface area contributed by atoms with Crippen molar-refractivity contribution in [2.75, 3.05) is 11.1 Å². The molecule has 0 aliphatic carbocycles. The summed E-state index contributed by atoms with van der Waals surface area (Å²) in [6.45, 7) is 8.19. The van der Waals surface area contributed by atoms with E-state index in [1.807, 2.05) is 18.5 Å². The third-order valence-electron chi connectivity index (χ3n) is 3.19. The second kappa shape index (κ2) is 6.17. The van der Waals surface area contributed by atoms with Gasteiger partial charge in [-0.15, -0.1) is 11.3 Å². The summed E-state index contributed by atoms with van der Waals surface area (Å²) in [6, 6.07) is 0.156. The van der Waals surface area contributed by atoms with Crippen molar-refractivity contribution in [3.63, 3.8) is 0 Å². The van der Waals surface area contributed by atoms with Crippen molar-refractivity contribution in [3.8, 4) is 0 Å². The highest BCUT2D eigenvalue weighted by Gasteiger charge is 2.16. The zero-order valence-electron chi connectivity index (χ0n) is 12.3. The van der Waals surface area contributed by atoms with Gasteiger partial charge >= 0.3 is 0 Å². The lowest BCUT2D eigenvalue weighted by atomic mass is 10.2. The van der Waals surface area contributed by atoms with E-state index in [9.17, 15) is 0 Å². The van der Waals surface area contributed by atoms with E-state index in [4.69, 9.17) is 5.73 Å². The van der Waals surface area contributed by atoms with Gasteiger partial charge < -0.3 is 11.1 Å². The first-order valence-electron chi connectivity index (χ1n) is 6.82. The smallest absolute Gasteiger partial charge is 0.135 e. The van der Waals surface area contributed by atoms with Crippen molar-refractivity contribution in [3.05, 3.63) is 28.0 Å². The average Bonchev–Trinajstić information content (AvgIpc) is 2.93. The lowest BCUT2D eigenvalue weighted by Gasteiger charge is -2.18. The van der Waals surface area contributed by atoms with Crippen LogP contribution in [0, 0.1) is 6.92 Å². The van der Waals surface area contributed by atoms with Crippen LogP contribution < -0.4 is 11.1 Å². The highest BCUT2D eigenvalue weighted by molar-refractivity contribution is 7.09. The molecule has 0 radical (unpaired) electrons. The fourth-order valence-electron chi connectivity index (χ4n) is 1.86. The molecule has 20 heavy (non-hydrogen) atoms. The van der Waals surface area contributed by atoms with Crippen LogP contribution in [0.1, 0.15) is 55.5 Å². The second-order valence-electron chi connectivity index (χ2n) is 5.07. The molecule has 5 nitrogen and oxygen atoms in total. The summed E-state index contributed by atoms with van der Waals surface area (Å²) < 4.78 is 0. The molecule has 108 valence electrons. The second-order valence-corrected chi connectivity index (χ2v) is 6.00. The van der Waals surface area contributed by atoms with Crippen LogP contribution in [0.25, 0.3) is 0 Å². The summed E-state index contributed by atoms with van der Waals surface area (Å²) in [5.74, 6) is 2.37. The highest BCUT2D eigenvalue weighted by atomic mass is 32.1. The van der Waals surface area contributed by atoms with Crippen molar-refractivity contribution in [2.24, 2.45) is 0 Å². The molecule has 1 unspecified atom stereocenters. The van der Waals surface area contributed by atoms with Crippen molar-refractivity contribution >= 4 is 23.0 Å². The van der Waals surface area contributed by atoms with E-state index in [0.29, 0.717) is 5.82 Å². The Labute approximate surface area is 123 Å². The summed E-state index contributed by atoms with van der Waals surface area (Å²) in [4.78, 5) is 13.3. The van der Waals surface area contributed by atoms with E-state index in [0.717, 1.165) is 28.6 Å². The number of aromatic nitrogens is 3. The van der Waals surface area contributed by atoms with Gasteiger partial charge in [0.25, 0.3) is 0 Å². The number of nitrogens with two attached hydrogens (primary N) is 1. The van der Waals surface area contributed by atoms with Gasteiger partial charge in [0.05, 0.1) is 6.04 Å². The van der Waals surface area contributed by atoms with Crippen LogP contribution in [0.2, 0.25) is 0 Å². The number of hydrogen-bond acceptors (Lipinski definition) is 6. The minimum atomic E-state index is 0.156. The van der Waals surface area contributed by atoms with Crippen molar-refractivity contribution < 1.29 is 0 Å². The largest absolute Gasteiger partial charge is 0.383 e. The van der Waals surface area contributed by atoms with Gasteiger partial charge in [0.1, 0.15) is 22.5 Å². The number of nitrogen functional groups attached to an aromatic ring is 1. The molecule has 2 rings (SSSR count). The Morgan fingerprint density at radius 1 is 1.35 bits per heavy atom. The first-order chi connectivity index (χ1) is 9.52. The Hall–Kier alpha value is -1.69. The molecule has 0 aliphatic rings. The summed E-state index contributed by atoms with van der Waals surface area (Å²) in [7, 11) is 0. The Kier molecular flexibility index (Phi) is 4.54. The Morgan fingerprint density at radius 2 is 2.10 bits per heavy atom. The van der Waals surface area contributed by atoms with Crippen molar-refractivity contribution in [1.29, 1.82) is 0 Å². The van der Waals surface area contributed by atoms with E-state index >= 15 is 0 Å². The first-order valence-corrected chi connectivity index (χ1v) is 7.70. The Balaban J connectivity index is 2.32. The molecule has 1 atom stereocenters. The quantitative estimate of drug-likeness (QED) is 0.881. The lowest BCUT2D eigenvalue weighted by molar-refractivity contribution is 0.724. The van der Waals surface area contributed by atoms with Gasteiger partial charge in [0, 0.05) is 23.1 Å². The minimum Gasteiger partial charge on any atom is -0.383 e. The Bertz CT molecular complexity index is 565. The van der Waals surface area contributed by atoms with E-state index in [1.165, 1.54) is 0 Å². The summed E-state index contributed by atoms with van der Waals surface area (Å²) >= 11 is 1.65. The predicted octanol–water partition coefficient (Wildman–Crippen LogP) is 3.51. The predicted molar refractivity (Wildman–Crippen MR) is 84.0 cm³/mol. The summed E-state index contributed by atoms with van der Waals surface area (Å²) in [5.41, 5.74) is 6.88. The highest BCUT2D eigenvalue weighted by Crippen LogP contribution is 2.27. The van der Waals surface area contributed by atoms with Gasteiger partial charge in [-0.2, -0.15) is 0 Å². The first kappa shape index (κ1) is 14.7. The average molecular weight is 291 g/mol. The molecule has 0 saturated heterocycles. The third-order valence-corrected chi connectivity index (χ3v) is 4.08. The number of thiazole rings is 1. The summed E-state index contributed by atoms with van der Waals surface area (Å²) in [6.07, 6.45) is 2.76. The van der Waals surface area contributed by atoms with Crippen LogP contribution in [0.3, 0.4) is 0 Å². The molecular formula is C14H21N5S. The molecule has 6 heteroatoms. The maximum absolute atomic E-state index is 5.99. The molecule has 0 bridgehead atoms. The molecule has 2 heterocycles. The van der Waals surface area contributed by atoms with Crippen LogP contribution in [-0.4, -0.2) is 15.0 Å². The molecule has 2 aromatic heterocycles. The maximum Gasteiger partial charge on any atom is 0.135 e. The maximum atomic E-state index is 5.99. The van der Waals surface area contributed by atoms with E-state index in [1.54, 1.807) is 11.3 Å². The van der Waals surface area contributed by atoms with Crippen LogP contribution >= 0.6 is 11.3 Å². The van der Waals surface area contributed by atoms with Gasteiger partial charge in [-0.3, -0.25) is 0 Å². The molecule has 0 amide bonds. The summed E-state index contributed by atoms with van der Waals surface area (Å²) in [5, 5.41) is 6.50. The SMILES string of the molecule is CCC(Nc1nc(C(C)C)nc(N)c1C)c1nccs1. The number of rotatable bonds is 5. The molecule has 0 spiro atoms. The molecular weight excluding hydrogens is 270 g/mol. The van der Waals surface area contributed by atoms with Crippen LogP contribution in [0.15, 0.2) is 11.6 Å². The molecule has 0 saturated carbocycles. The normalized spacial score (nSPS) is 12.7. The monoisotopic (exact) mass is 291 g/mol. The number of nitrogens with one attached hydrogen (secondary N) is 1. The number of anilines is 2. The topological polar surface area (TPSA) is 76.7 Å². The number of hydrogen-bond donors (Lipinski definition) is 2. The van der Waals surface area contributed by atoms with Gasteiger partial charge in [0.2, 0.25) is 0 Å². The molecule has 0 fully saturated rings. The van der Waals surface area contributed by atoms with E-state index < -0.39 is 0 Å². The lowest BCUT2D eigenvalue weighted by Crippen LogP contribution is -2.15.